The lowest BCUT2D eigenvalue weighted by atomic mass is 9.34. The van der Waals surface area contributed by atoms with E-state index in [0.29, 0.717) is 0 Å². The number of nitrogens with zero attached hydrogens (tertiary/aromatic N) is 4. The van der Waals surface area contributed by atoms with Crippen LogP contribution in [-0.2, 0) is 26.9 Å². The quantitative estimate of drug-likeness (QED) is 0.256. The molecule has 0 spiro atoms. The summed E-state index contributed by atoms with van der Waals surface area (Å²) in [5.41, 5.74) is 9.48. The molecule has 5 heterocycles. The van der Waals surface area contributed by atoms with Crippen LogP contribution in [0.5, 0.6) is 0 Å². The highest BCUT2D eigenvalue weighted by Gasteiger charge is 2.46. The minimum atomic E-state index is 0.250. The number of hydrogen-bond donors (Lipinski definition) is 0. The highest BCUT2D eigenvalue weighted by atomic mass is 15.0. The van der Waals surface area contributed by atoms with Crippen molar-refractivity contribution in [2.45, 2.75) is 12.8 Å². The smallest absolute Gasteiger partial charge is 0.261 e. The molecular weight excluding hydrogens is 283 g/mol. The van der Waals surface area contributed by atoms with Gasteiger partial charge in [0.1, 0.15) is 13.2 Å². The first kappa shape index (κ1) is 12.9. The Labute approximate surface area is 135 Å². The molecular formula is C18H17BN4+2. The summed E-state index contributed by atoms with van der Waals surface area (Å²) in [5.74, 6) is 0. The van der Waals surface area contributed by atoms with Crippen LogP contribution in [0.25, 0.3) is 0 Å². The largest absolute Gasteiger partial charge is 0.377 e. The highest BCUT2D eigenvalue weighted by Crippen LogP contribution is 2.18. The van der Waals surface area contributed by atoms with Gasteiger partial charge in [-0.3, -0.25) is 4.98 Å². The molecule has 0 fully saturated rings. The summed E-state index contributed by atoms with van der Waals surface area (Å²) in [4.78, 5) is 9.08. The Morgan fingerprint density at radius 2 is 1.87 bits per heavy atom. The number of pyridine rings is 2. The zero-order valence-electron chi connectivity index (χ0n) is 13.3. The first-order chi connectivity index (χ1) is 11.2. The summed E-state index contributed by atoms with van der Waals surface area (Å²) in [6.07, 6.45) is 9.90. The van der Waals surface area contributed by atoms with E-state index >= 15 is 0 Å². The molecule has 4 nitrogen and oxygen atoms in total. The molecule has 23 heavy (non-hydrogen) atoms. The van der Waals surface area contributed by atoms with E-state index in [1.54, 1.807) is 0 Å². The fourth-order valence-corrected chi connectivity index (χ4v) is 4.32. The molecule has 110 valence electrons. The SMILES string of the molecule is C[n+]1cccc2c1B1c3c(ccnc3Cc3cnc[n+](C)c31)C2. The second-order valence-electron chi connectivity index (χ2n) is 6.56. The second kappa shape index (κ2) is 4.48. The first-order valence-electron chi connectivity index (χ1n) is 8.00. The highest BCUT2D eigenvalue weighted by molar-refractivity contribution is 6.95. The third-order valence-corrected chi connectivity index (χ3v) is 5.23. The standard InChI is InChI=1S/C18H17BN4/c1-22-7-3-4-13-8-12-5-6-21-15-9-14-10-20-11-23(2)18(14)19(16(12)15)17(13)22/h3-7,10-11H,8-9H2,1-2H3/q+2. The van der Waals surface area contributed by atoms with Crippen molar-refractivity contribution in [1.82, 2.24) is 9.97 Å². The van der Waals surface area contributed by atoms with Gasteiger partial charge in [-0.05, 0) is 23.2 Å². The van der Waals surface area contributed by atoms with E-state index in [1.807, 2.05) is 18.7 Å². The van der Waals surface area contributed by atoms with Gasteiger partial charge in [-0.15, -0.1) is 0 Å². The zero-order valence-corrected chi connectivity index (χ0v) is 13.3. The van der Waals surface area contributed by atoms with E-state index < -0.39 is 0 Å². The summed E-state index contributed by atoms with van der Waals surface area (Å²) < 4.78 is 4.46. The van der Waals surface area contributed by atoms with Crippen LogP contribution in [-0.4, -0.2) is 16.7 Å². The minimum Gasteiger partial charge on any atom is -0.261 e. The number of rotatable bonds is 0. The van der Waals surface area contributed by atoms with Crippen molar-refractivity contribution in [2.24, 2.45) is 14.1 Å². The van der Waals surface area contributed by atoms with Crippen LogP contribution in [0.3, 0.4) is 0 Å². The Balaban J connectivity index is 1.91. The molecule has 0 unspecified atom stereocenters. The van der Waals surface area contributed by atoms with Crippen LogP contribution >= 0.6 is 0 Å². The van der Waals surface area contributed by atoms with Crippen LogP contribution in [0.15, 0.2) is 43.1 Å². The summed E-state index contributed by atoms with van der Waals surface area (Å²) in [7, 11) is 4.25. The predicted octanol–water partition coefficient (Wildman–Crippen LogP) is -1.55. The Bertz CT molecular complexity index is 861. The Kier molecular flexibility index (Phi) is 2.52. The Morgan fingerprint density at radius 1 is 1.00 bits per heavy atom. The van der Waals surface area contributed by atoms with Gasteiger partial charge in [-0.2, -0.15) is 0 Å². The van der Waals surface area contributed by atoms with Crippen molar-refractivity contribution in [1.29, 1.82) is 0 Å². The molecule has 0 saturated heterocycles. The maximum atomic E-state index is 4.70. The summed E-state index contributed by atoms with van der Waals surface area (Å²) >= 11 is 0. The van der Waals surface area contributed by atoms with E-state index in [9.17, 15) is 0 Å². The zero-order chi connectivity index (χ0) is 15.6. The third kappa shape index (κ3) is 1.67. The van der Waals surface area contributed by atoms with Gasteiger partial charge in [-0.1, -0.05) is 4.98 Å². The van der Waals surface area contributed by atoms with Gasteiger partial charge >= 0.3 is 6.71 Å². The van der Waals surface area contributed by atoms with Crippen molar-refractivity contribution in [3.8, 4) is 0 Å². The van der Waals surface area contributed by atoms with Crippen molar-refractivity contribution < 1.29 is 9.13 Å². The molecule has 0 atom stereocenters. The van der Waals surface area contributed by atoms with Crippen molar-refractivity contribution in [2.75, 3.05) is 0 Å². The predicted molar refractivity (Wildman–Crippen MR) is 87.5 cm³/mol. The van der Waals surface area contributed by atoms with Crippen LogP contribution in [0.4, 0.5) is 0 Å². The van der Waals surface area contributed by atoms with Crippen LogP contribution in [0.1, 0.15) is 22.4 Å². The average molecular weight is 300 g/mol. The fourth-order valence-electron chi connectivity index (χ4n) is 4.32. The van der Waals surface area contributed by atoms with E-state index in [2.05, 4.69) is 52.6 Å². The lowest BCUT2D eigenvalue weighted by Gasteiger charge is -2.28. The van der Waals surface area contributed by atoms with E-state index in [-0.39, 0.29) is 6.71 Å². The van der Waals surface area contributed by atoms with Gasteiger partial charge in [0, 0.05) is 41.9 Å². The molecule has 0 N–H and O–H groups in total. The molecule has 2 aliphatic heterocycles. The molecule has 0 aliphatic carbocycles. The van der Waals surface area contributed by atoms with Crippen LogP contribution in [0.2, 0.25) is 0 Å². The lowest BCUT2D eigenvalue weighted by molar-refractivity contribution is -0.660. The summed E-state index contributed by atoms with van der Waals surface area (Å²) in [5, 5.41) is 0. The molecule has 5 rings (SSSR count). The number of hydrogen-bond acceptors (Lipinski definition) is 2. The second-order valence-corrected chi connectivity index (χ2v) is 6.56. The first-order valence-corrected chi connectivity index (χ1v) is 8.00. The van der Waals surface area contributed by atoms with Gasteiger partial charge in [0.25, 0.3) is 6.33 Å². The summed E-state index contributed by atoms with van der Waals surface area (Å²) in [6.45, 7) is 0.250. The molecule has 0 amide bonds. The number of fused-ring (bicyclic) bond motifs is 4. The molecule has 0 bridgehead atoms. The van der Waals surface area contributed by atoms with E-state index in [1.165, 1.54) is 39.0 Å². The van der Waals surface area contributed by atoms with Crippen LogP contribution < -0.4 is 25.8 Å². The van der Waals surface area contributed by atoms with Crippen molar-refractivity contribution >= 4 is 23.4 Å². The van der Waals surface area contributed by atoms with Gasteiger partial charge in [0.2, 0.25) is 0 Å². The van der Waals surface area contributed by atoms with Crippen molar-refractivity contribution in [3.63, 3.8) is 0 Å². The third-order valence-electron chi connectivity index (χ3n) is 5.23. The van der Waals surface area contributed by atoms with E-state index in [4.69, 9.17) is 4.98 Å². The maximum Gasteiger partial charge on any atom is 0.377 e. The van der Waals surface area contributed by atoms with Gasteiger partial charge < -0.3 is 0 Å². The summed E-state index contributed by atoms with van der Waals surface area (Å²) in [6, 6.07) is 6.59. The molecule has 0 radical (unpaired) electrons. The molecule has 0 aromatic carbocycles. The molecule has 0 saturated carbocycles. The topological polar surface area (TPSA) is 33.5 Å². The van der Waals surface area contributed by atoms with Crippen LogP contribution in [0, 0.1) is 0 Å². The Hall–Kier alpha value is -2.56. The minimum absolute atomic E-state index is 0.250. The van der Waals surface area contributed by atoms with Gasteiger partial charge in [0.05, 0.1) is 12.6 Å². The average Bonchev–Trinajstić information content (AvgIpc) is 2.55. The monoisotopic (exact) mass is 300 g/mol. The number of aromatic nitrogens is 4. The van der Waals surface area contributed by atoms with Crippen molar-refractivity contribution in [3.05, 3.63) is 65.5 Å². The Morgan fingerprint density at radius 3 is 2.78 bits per heavy atom. The molecule has 3 aromatic heterocycles. The fraction of sp³-hybridized carbons (Fsp3) is 0.222. The maximum absolute atomic E-state index is 4.70. The molecule has 2 aliphatic rings. The lowest BCUT2D eigenvalue weighted by Crippen LogP contribution is -2.75. The normalized spacial score (nSPS) is 14.1. The van der Waals surface area contributed by atoms with E-state index in [0.717, 1.165) is 12.8 Å². The number of aryl methyl sites for hydroxylation is 2. The van der Waals surface area contributed by atoms with Gasteiger partial charge in [-0.25, -0.2) is 9.13 Å². The molecule has 3 aromatic rings. The molecule has 5 heteroatoms. The van der Waals surface area contributed by atoms with Gasteiger partial charge in [0.15, 0.2) is 11.8 Å².